The maximum atomic E-state index is 12.7. The predicted molar refractivity (Wildman–Crippen MR) is 128 cm³/mol. The van der Waals surface area contributed by atoms with Crippen LogP contribution < -0.4 is 10.6 Å². The molecule has 162 valence electrons. The topological polar surface area (TPSA) is 57.3 Å². The number of hydrogen-bond donors (Lipinski definition) is 2. The molecule has 31 heavy (non-hydrogen) atoms. The van der Waals surface area contributed by atoms with Crippen LogP contribution in [0.15, 0.2) is 60.0 Å². The largest absolute Gasteiger partial charge is 0.379 e. The highest BCUT2D eigenvalue weighted by Gasteiger charge is 2.25. The zero-order chi connectivity index (χ0) is 21.6. The number of carbonyl (C=O) groups is 1. The number of aromatic nitrogens is 1. The van der Waals surface area contributed by atoms with Gasteiger partial charge in [0.1, 0.15) is 0 Å². The van der Waals surface area contributed by atoms with Gasteiger partial charge >= 0.3 is 0 Å². The van der Waals surface area contributed by atoms with Crippen LogP contribution in [0, 0.1) is 12.8 Å². The fraction of sp³-hybridized carbons (Fsp3) is 0.360. The molecular weight excluding hydrogens is 404 g/mol. The number of hydrogen-bond acceptors (Lipinski definition) is 5. The Morgan fingerprint density at radius 2 is 1.77 bits per heavy atom. The Morgan fingerprint density at radius 3 is 2.42 bits per heavy atom. The first-order valence-electron chi connectivity index (χ1n) is 10.9. The van der Waals surface area contributed by atoms with E-state index in [0.717, 1.165) is 54.6 Å². The minimum Gasteiger partial charge on any atom is -0.379 e. The van der Waals surface area contributed by atoms with E-state index in [1.807, 2.05) is 37.3 Å². The molecule has 0 bridgehead atoms. The summed E-state index contributed by atoms with van der Waals surface area (Å²) in [4.78, 5) is 19.7. The molecular formula is C25H30N4OS. The van der Waals surface area contributed by atoms with Gasteiger partial charge in [0.15, 0.2) is 0 Å². The van der Waals surface area contributed by atoms with E-state index in [2.05, 4.69) is 57.1 Å². The number of rotatable bonds is 7. The van der Waals surface area contributed by atoms with Crippen molar-refractivity contribution in [2.24, 2.45) is 5.92 Å². The summed E-state index contributed by atoms with van der Waals surface area (Å²) in [5, 5.41) is 9.84. The molecule has 1 aliphatic heterocycles. The minimum atomic E-state index is 0.0734. The second-order valence-corrected chi connectivity index (χ2v) is 9.31. The molecule has 6 heteroatoms. The highest BCUT2D eigenvalue weighted by molar-refractivity contribution is 7.09. The first kappa shape index (κ1) is 21.5. The Bertz CT molecular complexity index is 978. The molecule has 0 saturated carbocycles. The summed E-state index contributed by atoms with van der Waals surface area (Å²) in [5.74, 6) is 0.201. The summed E-state index contributed by atoms with van der Waals surface area (Å²) >= 11 is 1.70. The molecule has 1 atom stereocenters. The second-order valence-electron chi connectivity index (χ2n) is 8.25. The van der Waals surface area contributed by atoms with E-state index < -0.39 is 0 Å². The van der Waals surface area contributed by atoms with Gasteiger partial charge in [0.25, 0.3) is 0 Å². The lowest BCUT2D eigenvalue weighted by atomic mass is 9.95. The van der Waals surface area contributed by atoms with Crippen molar-refractivity contribution in [2.45, 2.75) is 39.3 Å². The number of thiazole rings is 1. The highest BCUT2D eigenvalue weighted by atomic mass is 32.1. The monoisotopic (exact) mass is 434 g/mol. The molecule has 2 N–H and O–H groups in total. The lowest BCUT2D eigenvalue weighted by Crippen LogP contribution is -2.37. The van der Waals surface area contributed by atoms with Crippen LogP contribution in [0.2, 0.25) is 0 Å². The van der Waals surface area contributed by atoms with E-state index in [1.54, 1.807) is 11.3 Å². The third kappa shape index (κ3) is 5.93. The van der Waals surface area contributed by atoms with Gasteiger partial charge in [0.2, 0.25) is 5.91 Å². The summed E-state index contributed by atoms with van der Waals surface area (Å²) in [6.07, 6.45) is 1.78. The molecule has 0 aliphatic carbocycles. The number of anilines is 2. The smallest absolute Gasteiger partial charge is 0.227 e. The molecule has 5 nitrogen and oxygen atoms in total. The first-order chi connectivity index (χ1) is 15.1. The molecule has 0 radical (unpaired) electrons. The van der Waals surface area contributed by atoms with Crippen LogP contribution in [0.25, 0.3) is 0 Å². The number of piperidine rings is 1. The molecule has 1 fully saturated rings. The van der Waals surface area contributed by atoms with Gasteiger partial charge < -0.3 is 10.6 Å². The normalized spacial score (nSPS) is 16.1. The van der Waals surface area contributed by atoms with Gasteiger partial charge in [0.05, 0.1) is 10.7 Å². The van der Waals surface area contributed by atoms with Crippen LogP contribution >= 0.6 is 11.3 Å². The highest BCUT2D eigenvalue weighted by Crippen LogP contribution is 2.23. The Morgan fingerprint density at radius 1 is 1.10 bits per heavy atom. The summed E-state index contributed by atoms with van der Waals surface area (Å²) in [5.41, 5.74) is 4.28. The third-order valence-electron chi connectivity index (χ3n) is 5.85. The van der Waals surface area contributed by atoms with Crippen LogP contribution in [0.5, 0.6) is 0 Å². The Balaban J connectivity index is 1.24. The van der Waals surface area contributed by atoms with Gasteiger partial charge in [0, 0.05) is 35.3 Å². The molecule has 0 spiro atoms. The van der Waals surface area contributed by atoms with Crippen LogP contribution in [-0.4, -0.2) is 28.9 Å². The fourth-order valence-electron chi connectivity index (χ4n) is 4.03. The van der Waals surface area contributed by atoms with Gasteiger partial charge in [-0.05, 0) is 69.6 Å². The zero-order valence-electron chi connectivity index (χ0n) is 18.2. The number of likely N-dealkylation sites (tertiary alicyclic amines) is 1. The van der Waals surface area contributed by atoms with Crippen molar-refractivity contribution in [3.8, 4) is 0 Å². The molecule has 1 aromatic heterocycles. The van der Waals surface area contributed by atoms with Crippen molar-refractivity contribution < 1.29 is 4.79 Å². The third-order valence-corrected chi connectivity index (χ3v) is 6.67. The summed E-state index contributed by atoms with van der Waals surface area (Å²) in [7, 11) is 0. The number of amides is 1. The maximum absolute atomic E-state index is 12.7. The van der Waals surface area contributed by atoms with E-state index in [4.69, 9.17) is 0 Å². The van der Waals surface area contributed by atoms with Crippen molar-refractivity contribution in [2.75, 3.05) is 23.7 Å². The lowest BCUT2D eigenvalue weighted by Gasteiger charge is -2.30. The summed E-state index contributed by atoms with van der Waals surface area (Å²) < 4.78 is 0. The molecule has 1 saturated heterocycles. The standard InChI is InChI=1S/C25H30N4OS/c1-18(20-6-4-3-5-7-20)26-22-8-10-23(11-9-22)28-25(30)21-12-14-29(15-13-21)16-24-17-31-19(2)27-24/h3-11,17-18,21,26H,12-16H2,1-2H3,(H,28,30). The van der Waals surface area contributed by atoms with Gasteiger partial charge in [-0.25, -0.2) is 4.98 Å². The number of nitrogens with zero attached hydrogens (tertiary/aromatic N) is 2. The molecule has 4 rings (SSSR count). The van der Waals surface area contributed by atoms with Crippen LogP contribution in [0.1, 0.15) is 42.1 Å². The molecule has 1 amide bonds. The van der Waals surface area contributed by atoms with Crippen molar-refractivity contribution in [1.29, 1.82) is 0 Å². The maximum Gasteiger partial charge on any atom is 0.227 e. The molecule has 1 aliphatic rings. The number of nitrogens with one attached hydrogen (secondary N) is 2. The zero-order valence-corrected chi connectivity index (χ0v) is 19.0. The van der Waals surface area contributed by atoms with Gasteiger partial charge in [-0.15, -0.1) is 11.3 Å². The first-order valence-corrected chi connectivity index (χ1v) is 11.8. The van der Waals surface area contributed by atoms with Crippen molar-refractivity contribution in [3.05, 3.63) is 76.2 Å². The summed E-state index contributed by atoms with van der Waals surface area (Å²) in [6, 6.07) is 18.6. The second kappa shape index (κ2) is 10.1. The molecule has 3 aromatic rings. The fourth-order valence-corrected chi connectivity index (χ4v) is 4.64. The van der Waals surface area contributed by atoms with Crippen LogP contribution in [0.3, 0.4) is 0 Å². The average Bonchev–Trinajstić information content (AvgIpc) is 3.20. The Hall–Kier alpha value is -2.70. The lowest BCUT2D eigenvalue weighted by molar-refractivity contribution is -0.121. The van der Waals surface area contributed by atoms with Gasteiger partial charge in [-0.2, -0.15) is 0 Å². The number of benzene rings is 2. The molecule has 1 unspecified atom stereocenters. The molecule has 2 heterocycles. The van der Waals surface area contributed by atoms with Crippen LogP contribution in [-0.2, 0) is 11.3 Å². The Kier molecular flexibility index (Phi) is 6.99. The van der Waals surface area contributed by atoms with E-state index in [9.17, 15) is 4.79 Å². The minimum absolute atomic E-state index is 0.0734. The quantitative estimate of drug-likeness (QED) is 0.517. The van der Waals surface area contributed by atoms with Gasteiger partial charge in [-0.3, -0.25) is 9.69 Å². The number of aryl methyl sites for hydroxylation is 1. The van der Waals surface area contributed by atoms with Crippen molar-refractivity contribution in [1.82, 2.24) is 9.88 Å². The SMILES string of the molecule is Cc1nc(CN2CCC(C(=O)Nc3ccc(NC(C)c4ccccc4)cc3)CC2)cs1. The van der Waals surface area contributed by atoms with E-state index in [-0.39, 0.29) is 17.9 Å². The predicted octanol–water partition coefficient (Wildman–Crippen LogP) is 5.48. The van der Waals surface area contributed by atoms with Crippen molar-refractivity contribution >= 4 is 28.6 Å². The van der Waals surface area contributed by atoms with E-state index >= 15 is 0 Å². The van der Waals surface area contributed by atoms with E-state index in [1.165, 1.54) is 5.56 Å². The molecule has 2 aromatic carbocycles. The number of carbonyl (C=O) groups excluding carboxylic acids is 1. The summed E-state index contributed by atoms with van der Waals surface area (Å²) in [6.45, 7) is 6.95. The van der Waals surface area contributed by atoms with Gasteiger partial charge in [-0.1, -0.05) is 30.3 Å². The average molecular weight is 435 g/mol. The van der Waals surface area contributed by atoms with Crippen LogP contribution in [0.4, 0.5) is 11.4 Å². The Labute approximate surface area is 188 Å². The van der Waals surface area contributed by atoms with Crippen molar-refractivity contribution in [3.63, 3.8) is 0 Å². The van der Waals surface area contributed by atoms with E-state index in [0.29, 0.717) is 0 Å².